The number of nitrogens with one attached hydrogen (secondary N) is 1. The lowest BCUT2D eigenvalue weighted by Crippen LogP contribution is -2.40. The van der Waals surface area contributed by atoms with Gasteiger partial charge in [0.15, 0.2) is 17.0 Å². The lowest BCUT2D eigenvalue weighted by atomic mass is 10.3. The molecule has 14 heteroatoms. The number of hydrogen-bond acceptors (Lipinski definition) is 10. The molecule has 0 aliphatic carbocycles. The fourth-order valence-electron chi connectivity index (χ4n) is 4.23. The Morgan fingerprint density at radius 3 is 2.59 bits per heavy atom. The Bertz CT molecular complexity index is 1640. The maximum Gasteiger partial charge on any atom is 0.333 e. The van der Waals surface area contributed by atoms with Gasteiger partial charge in [0, 0.05) is 38.7 Å². The lowest BCUT2D eigenvalue weighted by molar-refractivity contribution is -0.118. The second kappa shape index (κ2) is 9.61. The number of nitrogens with zero attached hydrogens (tertiary/aromatic N) is 10. The summed E-state index contributed by atoms with van der Waals surface area (Å²) in [5, 5.41) is 11.7. The van der Waals surface area contributed by atoms with Gasteiger partial charge in [-0.05, 0) is 25.8 Å². The molecule has 0 saturated carbocycles. The molecular weight excluding hydrogens is 478 g/mol. The Labute approximate surface area is 209 Å². The minimum atomic E-state index is -0.882. The fraction of sp³-hybridized carbons (Fsp3) is 0.348. The summed E-state index contributed by atoms with van der Waals surface area (Å²) in [6.45, 7) is 3.04. The highest BCUT2D eigenvalue weighted by Gasteiger charge is 2.23. The van der Waals surface area contributed by atoms with Crippen LogP contribution in [0.4, 0.5) is 11.8 Å². The van der Waals surface area contributed by atoms with E-state index in [9.17, 15) is 14.4 Å². The van der Waals surface area contributed by atoms with Crippen LogP contribution < -0.4 is 21.5 Å². The van der Waals surface area contributed by atoms with Crippen molar-refractivity contribution in [1.82, 2.24) is 38.6 Å². The predicted octanol–water partition coefficient (Wildman–Crippen LogP) is 0.467. The van der Waals surface area contributed by atoms with Gasteiger partial charge in [-0.15, -0.1) is 0 Å². The average Bonchev–Trinajstić information content (AvgIpc) is 3.61. The van der Waals surface area contributed by atoms with Crippen LogP contribution in [0.1, 0.15) is 25.8 Å². The number of hydrogen-bond donors (Lipinski definition) is 1. The normalized spacial score (nSPS) is 14.0. The SMILES string of the molecule is C[C@@H](C(=O)Nc1ccnc(-c2cnc(N3CCCC3)nc2)n1)n1cnc2c1c(=O)n(CC#N)c(=O)n2C. The monoisotopic (exact) mass is 501 g/mol. The fourth-order valence-corrected chi connectivity index (χ4v) is 4.23. The number of carbonyl (C=O) groups excluding carboxylic acids is 1. The van der Waals surface area contributed by atoms with Crippen LogP contribution >= 0.6 is 0 Å². The van der Waals surface area contributed by atoms with Crippen molar-refractivity contribution in [2.24, 2.45) is 7.05 Å². The minimum Gasteiger partial charge on any atom is -0.341 e. The molecule has 1 aliphatic heterocycles. The Kier molecular flexibility index (Phi) is 6.18. The van der Waals surface area contributed by atoms with E-state index in [0.717, 1.165) is 30.5 Å². The summed E-state index contributed by atoms with van der Waals surface area (Å²) < 4.78 is 3.34. The van der Waals surface area contributed by atoms with Crippen molar-refractivity contribution in [1.29, 1.82) is 5.26 Å². The lowest BCUT2D eigenvalue weighted by Gasteiger charge is -2.15. The summed E-state index contributed by atoms with van der Waals surface area (Å²) in [6, 6.07) is 2.47. The van der Waals surface area contributed by atoms with E-state index < -0.39 is 29.7 Å². The summed E-state index contributed by atoms with van der Waals surface area (Å²) in [5.74, 6) is 0.799. The number of rotatable bonds is 6. The van der Waals surface area contributed by atoms with Crippen molar-refractivity contribution in [3.63, 3.8) is 0 Å². The quantitative estimate of drug-likeness (QED) is 0.392. The van der Waals surface area contributed by atoms with Crippen LogP contribution in [0.3, 0.4) is 0 Å². The topological polar surface area (TPSA) is 170 Å². The number of nitriles is 1. The van der Waals surface area contributed by atoms with Crippen LogP contribution in [0, 0.1) is 11.3 Å². The van der Waals surface area contributed by atoms with Gasteiger partial charge in [-0.2, -0.15) is 5.26 Å². The molecule has 1 aliphatic rings. The molecule has 0 spiro atoms. The first-order chi connectivity index (χ1) is 17.9. The number of amides is 1. The molecule has 5 heterocycles. The minimum absolute atomic E-state index is 0.0404. The predicted molar refractivity (Wildman–Crippen MR) is 133 cm³/mol. The maximum absolute atomic E-state index is 13.1. The molecule has 14 nitrogen and oxygen atoms in total. The van der Waals surface area contributed by atoms with Crippen molar-refractivity contribution in [3.8, 4) is 17.5 Å². The van der Waals surface area contributed by atoms with E-state index >= 15 is 0 Å². The van der Waals surface area contributed by atoms with E-state index in [-0.39, 0.29) is 17.0 Å². The van der Waals surface area contributed by atoms with Gasteiger partial charge in [-0.25, -0.2) is 34.3 Å². The van der Waals surface area contributed by atoms with Gasteiger partial charge >= 0.3 is 5.69 Å². The van der Waals surface area contributed by atoms with E-state index in [1.165, 1.54) is 28.7 Å². The zero-order valence-electron chi connectivity index (χ0n) is 20.2. The van der Waals surface area contributed by atoms with Crippen molar-refractivity contribution < 1.29 is 4.79 Å². The molecule has 188 valence electrons. The summed E-state index contributed by atoms with van der Waals surface area (Å²) in [6.07, 6.45) is 8.38. The largest absolute Gasteiger partial charge is 0.341 e. The first-order valence-electron chi connectivity index (χ1n) is 11.6. The third-order valence-electron chi connectivity index (χ3n) is 6.28. The first kappa shape index (κ1) is 23.8. The Morgan fingerprint density at radius 1 is 1.16 bits per heavy atom. The van der Waals surface area contributed by atoms with Gasteiger partial charge in [0.05, 0.1) is 18.0 Å². The third kappa shape index (κ3) is 4.31. The van der Waals surface area contributed by atoms with Crippen LogP contribution in [0.2, 0.25) is 0 Å². The van der Waals surface area contributed by atoms with E-state index in [0.29, 0.717) is 17.3 Å². The number of aryl methyl sites for hydroxylation is 1. The number of fused-ring (bicyclic) bond motifs is 1. The van der Waals surface area contributed by atoms with Crippen molar-refractivity contribution in [2.75, 3.05) is 23.3 Å². The van der Waals surface area contributed by atoms with E-state index in [2.05, 4.69) is 35.1 Å². The summed E-state index contributed by atoms with van der Waals surface area (Å²) in [7, 11) is 1.45. The number of imidazole rings is 1. The third-order valence-corrected chi connectivity index (χ3v) is 6.28. The maximum atomic E-state index is 13.1. The highest BCUT2D eigenvalue weighted by atomic mass is 16.2. The van der Waals surface area contributed by atoms with Crippen molar-refractivity contribution in [2.45, 2.75) is 32.4 Å². The standard InChI is InChI=1S/C23H23N11O3/c1-14(34-13-28-19-17(34)21(36)33(10-6-24)23(37)31(19)2)20(35)30-16-5-7-25-18(29-16)15-11-26-22(27-12-15)32-8-3-4-9-32/h5,7,11-14H,3-4,8-10H2,1-2H3,(H,25,29,30,35)/t14-/m0/s1. The molecule has 1 amide bonds. The molecule has 4 aromatic heterocycles. The number of carbonyl (C=O) groups is 1. The number of anilines is 2. The molecule has 4 aromatic rings. The molecule has 1 saturated heterocycles. The first-order valence-corrected chi connectivity index (χ1v) is 11.6. The highest BCUT2D eigenvalue weighted by molar-refractivity contribution is 5.93. The Morgan fingerprint density at radius 2 is 1.89 bits per heavy atom. The van der Waals surface area contributed by atoms with Gasteiger partial charge in [0.25, 0.3) is 5.56 Å². The second-order valence-corrected chi connectivity index (χ2v) is 8.61. The summed E-state index contributed by atoms with van der Waals surface area (Å²) in [5.41, 5.74) is -0.596. The van der Waals surface area contributed by atoms with Gasteiger partial charge < -0.3 is 14.8 Å². The molecule has 0 unspecified atom stereocenters. The van der Waals surface area contributed by atoms with E-state index in [1.54, 1.807) is 31.5 Å². The van der Waals surface area contributed by atoms with Gasteiger partial charge in [0.2, 0.25) is 11.9 Å². The summed E-state index contributed by atoms with van der Waals surface area (Å²) >= 11 is 0. The zero-order chi connectivity index (χ0) is 26.1. The number of aromatic nitrogens is 8. The molecule has 1 N–H and O–H groups in total. The van der Waals surface area contributed by atoms with Crippen LogP contribution in [0.15, 0.2) is 40.6 Å². The van der Waals surface area contributed by atoms with E-state index in [1.807, 2.05) is 0 Å². The molecule has 1 fully saturated rings. The van der Waals surface area contributed by atoms with Gasteiger partial charge in [-0.3, -0.25) is 14.2 Å². The molecule has 1 atom stereocenters. The van der Waals surface area contributed by atoms with Crippen LogP contribution in [-0.4, -0.2) is 57.6 Å². The van der Waals surface area contributed by atoms with E-state index in [4.69, 9.17) is 5.26 Å². The van der Waals surface area contributed by atoms with Crippen molar-refractivity contribution in [3.05, 3.63) is 51.8 Å². The smallest absolute Gasteiger partial charge is 0.333 e. The zero-order valence-corrected chi connectivity index (χ0v) is 20.2. The Hall–Kier alpha value is -4.93. The van der Waals surface area contributed by atoms with Crippen LogP contribution in [0.5, 0.6) is 0 Å². The molecule has 0 aromatic carbocycles. The van der Waals surface area contributed by atoms with Gasteiger partial charge in [0.1, 0.15) is 18.4 Å². The summed E-state index contributed by atoms with van der Waals surface area (Å²) in [4.78, 5) is 62.2. The second-order valence-electron chi connectivity index (χ2n) is 8.61. The molecule has 0 bridgehead atoms. The van der Waals surface area contributed by atoms with Crippen molar-refractivity contribution >= 4 is 28.8 Å². The molecule has 5 rings (SSSR count). The molecule has 37 heavy (non-hydrogen) atoms. The molecular formula is C23H23N11O3. The average molecular weight is 502 g/mol. The Balaban J connectivity index is 1.39. The highest BCUT2D eigenvalue weighted by Crippen LogP contribution is 2.20. The van der Waals surface area contributed by atoms with Crippen LogP contribution in [0.25, 0.3) is 22.6 Å². The van der Waals surface area contributed by atoms with Gasteiger partial charge in [-0.1, -0.05) is 0 Å². The molecule has 0 radical (unpaired) electrons. The van der Waals surface area contributed by atoms with Crippen LogP contribution in [-0.2, 0) is 18.4 Å².